The molecule has 0 aliphatic carbocycles. The summed E-state index contributed by atoms with van der Waals surface area (Å²) in [4.78, 5) is 47.9. The Bertz CT molecular complexity index is 986. The fraction of sp³-hybridized carbons (Fsp3) is 0.182. The van der Waals surface area contributed by atoms with Gasteiger partial charge < -0.3 is 19.5 Å². The summed E-state index contributed by atoms with van der Waals surface area (Å²) in [5.74, 6) is -3.86. The lowest BCUT2D eigenvalue weighted by molar-refractivity contribution is -0.222. The fourth-order valence-corrected chi connectivity index (χ4v) is 2.56. The van der Waals surface area contributed by atoms with Gasteiger partial charge in [0.15, 0.2) is 18.0 Å². The molecular formula is C22H19NO7. The standard InChI is InChI=1S/C22H19NO7/c1-22(2)29-20(26)17(21(27)30-22)12-23-16-10-8-15(9-11-16)19(25)28-13-18(24)14-6-4-3-5-7-14/h3-12,23H,13H2,1-2H3. The number of ketones is 1. The zero-order chi connectivity index (χ0) is 21.7. The predicted molar refractivity (Wildman–Crippen MR) is 105 cm³/mol. The molecule has 8 nitrogen and oxygen atoms in total. The fourth-order valence-electron chi connectivity index (χ4n) is 2.56. The molecule has 1 aliphatic rings. The minimum Gasteiger partial charge on any atom is -0.454 e. The molecule has 0 amide bonds. The van der Waals surface area contributed by atoms with E-state index in [1.54, 1.807) is 42.5 Å². The van der Waals surface area contributed by atoms with E-state index in [0.29, 0.717) is 11.3 Å². The van der Waals surface area contributed by atoms with E-state index in [2.05, 4.69) is 5.32 Å². The van der Waals surface area contributed by atoms with Crippen LogP contribution in [0.5, 0.6) is 0 Å². The van der Waals surface area contributed by atoms with Gasteiger partial charge in [0.2, 0.25) is 0 Å². The lowest BCUT2D eigenvalue weighted by Gasteiger charge is -2.29. The van der Waals surface area contributed by atoms with Crippen LogP contribution >= 0.6 is 0 Å². The number of hydrogen-bond acceptors (Lipinski definition) is 8. The van der Waals surface area contributed by atoms with E-state index < -0.39 is 23.7 Å². The highest BCUT2D eigenvalue weighted by molar-refractivity contribution is 6.15. The van der Waals surface area contributed by atoms with Crippen molar-refractivity contribution in [3.05, 3.63) is 77.5 Å². The maximum atomic E-state index is 12.1. The molecule has 30 heavy (non-hydrogen) atoms. The normalized spacial score (nSPS) is 14.9. The topological polar surface area (TPSA) is 108 Å². The number of carbonyl (C=O) groups excluding carboxylic acids is 4. The summed E-state index contributed by atoms with van der Waals surface area (Å²) < 4.78 is 15.0. The van der Waals surface area contributed by atoms with Crippen LogP contribution in [0, 0.1) is 0 Å². The molecule has 0 saturated carbocycles. The van der Waals surface area contributed by atoms with Crippen molar-refractivity contribution >= 4 is 29.4 Å². The molecule has 154 valence electrons. The summed E-state index contributed by atoms with van der Waals surface area (Å²) in [7, 11) is 0. The van der Waals surface area contributed by atoms with Crippen LogP contribution in [0.25, 0.3) is 0 Å². The van der Waals surface area contributed by atoms with Gasteiger partial charge in [0.1, 0.15) is 0 Å². The zero-order valence-electron chi connectivity index (χ0n) is 16.3. The van der Waals surface area contributed by atoms with Gasteiger partial charge in [-0.2, -0.15) is 0 Å². The van der Waals surface area contributed by atoms with Gasteiger partial charge >= 0.3 is 17.9 Å². The van der Waals surface area contributed by atoms with Gasteiger partial charge in [-0.15, -0.1) is 0 Å². The van der Waals surface area contributed by atoms with Gasteiger partial charge in [-0.1, -0.05) is 30.3 Å². The summed E-state index contributed by atoms with van der Waals surface area (Å²) in [5, 5.41) is 2.77. The highest BCUT2D eigenvalue weighted by atomic mass is 16.7. The van der Waals surface area contributed by atoms with Crippen molar-refractivity contribution in [3.63, 3.8) is 0 Å². The van der Waals surface area contributed by atoms with Gasteiger partial charge in [-0.25, -0.2) is 14.4 Å². The summed E-state index contributed by atoms with van der Waals surface area (Å²) >= 11 is 0. The van der Waals surface area contributed by atoms with Crippen molar-refractivity contribution < 1.29 is 33.4 Å². The lowest BCUT2D eigenvalue weighted by Crippen LogP contribution is -2.42. The van der Waals surface area contributed by atoms with Crippen molar-refractivity contribution in [2.45, 2.75) is 19.6 Å². The van der Waals surface area contributed by atoms with E-state index in [9.17, 15) is 19.2 Å². The minimum absolute atomic E-state index is 0.243. The number of hydrogen-bond donors (Lipinski definition) is 1. The first-order chi connectivity index (χ1) is 14.2. The largest absolute Gasteiger partial charge is 0.454 e. The Morgan fingerprint density at radius 2 is 1.53 bits per heavy atom. The molecule has 0 atom stereocenters. The van der Waals surface area contributed by atoms with Gasteiger partial charge in [0.05, 0.1) is 5.56 Å². The molecule has 0 aromatic heterocycles. The molecule has 0 unspecified atom stereocenters. The first-order valence-electron chi connectivity index (χ1n) is 9.04. The van der Waals surface area contributed by atoms with E-state index in [1.165, 1.54) is 32.2 Å². The zero-order valence-corrected chi connectivity index (χ0v) is 16.3. The predicted octanol–water partition coefficient (Wildman–Crippen LogP) is 2.86. The van der Waals surface area contributed by atoms with Crippen LogP contribution in [0.4, 0.5) is 5.69 Å². The molecule has 2 aromatic rings. The van der Waals surface area contributed by atoms with Gasteiger partial charge in [0.25, 0.3) is 5.79 Å². The molecule has 1 heterocycles. The molecule has 1 fully saturated rings. The third-order valence-corrected chi connectivity index (χ3v) is 4.05. The Balaban J connectivity index is 1.57. The van der Waals surface area contributed by atoms with E-state index in [4.69, 9.17) is 14.2 Å². The number of esters is 3. The molecule has 3 rings (SSSR count). The van der Waals surface area contributed by atoms with Crippen LogP contribution < -0.4 is 5.32 Å². The molecule has 1 aliphatic heterocycles. The number of carbonyl (C=O) groups is 4. The maximum absolute atomic E-state index is 12.1. The minimum atomic E-state index is -1.31. The monoisotopic (exact) mass is 409 g/mol. The molecule has 2 aromatic carbocycles. The third-order valence-electron chi connectivity index (χ3n) is 4.05. The molecule has 8 heteroatoms. The van der Waals surface area contributed by atoms with Crippen LogP contribution in [-0.4, -0.2) is 36.1 Å². The summed E-state index contributed by atoms with van der Waals surface area (Å²) in [6, 6.07) is 14.6. The van der Waals surface area contributed by atoms with Crippen LogP contribution in [0.15, 0.2) is 66.4 Å². The highest BCUT2D eigenvalue weighted by Gasteiger charge is 2.38. The van der Waals surface area contributed by atoms with Crippen LogP contribution in [0.2, 0.25) is 0 Å². The van der Waals surface area contributed by atoms with Crippen molar-refractivity contribution in [1.82, 2.24) is 0 Å². The first-order valence-corrected chi connectivity index (χ1v) is 9.04. The van der Waals surface area contributed by atoms with Gasteiger partial charge in [-0.3, -0.25) is 4.79 Å². The third kappa shape index (κ3) is 5.11. The Morgan fingerprint density at radius 3 is 2.13 bits per heavy atom. The number of rotatable bonds is 6. The molecule has 1 saturated heterocycles. The average molecular weight is 409 g/mol. The second kappa shape index (κ2) is 8.60. The first kappa shape index (κ1) is 20.8. The lowest BCUT2D eigenvalue weighted by atomic mass is 10.1. The number of Topliss-reactive ketones (excluding diaryl/α,β-unsaturated/α-hetero) is 1. The summed E-state index contributed by atoms with van der Waals surface area (Å²) in [5.41, 5.74) is 0.926. The van der Waals surface area contributed by atoms with Crippen molar-refractivity contribution in [3.8, 4) is 0 Å². The van der Waals surface area contributed by atoms with E-state index in [0.717, 1.165) is 0 Å². The number of ether oxygens (including phenoxy) is 3. The molecular weight excluding hydrogens is 390 g/mol. The SMILES string of the molecule is CC1(C)OC(=O)C(=CNc2ccc(C(=O)OCC(=O)c3ccccc3)cc2)C(=O)O1. The molecule has 0 radical (unpaired) electrons. The number of nitrogens with one attached hydrogen (secondary N) is 1. The van der Waals surface area contributed by atoms with Crippen molar-refractivity contribution in [2.24, 2.45) is 0 Å². The molecule has 0 spiro atoms. The van der Waals surface area contributed by atoms with Gasteiger partial charge in [0, 0.05) is 31.3 Å². The second-order valence-corrected chi connectivity index (χ2v) is 6.82. The number of cyclic esters (lactones) is 2. The second-order valence-electron chi connectivity index (χ2n) is 6.82. The maximum Gasteiger partial charge on any atom is 0.350 e. The Labute approximate surface area is 172 Å². The van der Waals surface area contributed by atoms with E-state index in [1.807, 2.05) is 0 Å². The smallest absolute Gasteiger partial charge is 0.350 e. The Hall–Kier alpha value is -3.94. The molecule has 0 bridgehead atoms. The highest BCUT2D eigenvalue weighted by Crippen LogP contribution is 2.22. The van der Waals surface area contributed by atoms with Crippen LogP contribution in [-0.2, 0) is 23.8 Å². The Kier molecular flexibility index (Phi) is 5.96. The van der Waals surface area contributed by atoms with Crippen molar-refractivity contribution in [1.29, 1.82) is 0 Å². The quantitative estimate of drug-likeness (QED) is 0.336. The summed E-state index contributed by atoms with van der Waals surface area (Å²) in [6.45, 7) is 2.55. The number of benzene rings is 2. The average Bonchev–Trinajstić information content (AvgIpc) is 2.71. The van der Waals surface area contributed by atoms with Gasteiger partial charge in [-0.05, 0) is 24.3 Å². The van der Waals surface area contributed by atoms with E-state index >= 15 is 0 Å². The Morgan fingerprint density at radius 1 is 0.933 bits per heavy atom. The number of anilines is 1. The van der Waals surface area contributed by atoms with Crippen LogP contribution in [0.3, 0.4) is 0 Å². The van der Waals surface area contributed by atoms with E-state index in [-0.39, 0.29) is 23.5 Å². The molecule has 1 N–H and O–H groups in total. The summed E-state index contributed by atoms with van der Waals surface area (Å²) in [6.07, 6.45) is 1.17. The van der Waals surface area contributed by atoms with Crippen LogP contribution in [0.1, 0.15) is 34.6 Å². The van der Waals surface area contributed by atoms with Crippen molar-refractivity contribution in [2.75, 3.05) is 11.9 Å².